The zero-order valence-electron chi connectivity index (χ0n) is 15.0. The van der Waals surface area contributed by atoms with E-state index < -0.39 is 11.6 Å². The van der Waals surface area contributed by atoms with Crippen LogP contribution in [0.5, 0.6) is 0 Å². The number of ether oxygens (including phenoxy) is 1. The number of halogens is 1. The SMILES string of the molecule is O=C(OCc1cc(=O)oc2cc(Br)ccc12)c1ccc(N2C(=O)CCC2=O)cc1. The van der Waals surface area contributed by atoms with Crippen LogP contribution in [0.3, 0.4) is 0 Å². The molecule has 29 heavy (non-hydrogen) atoms. The molecule has 8 heteroatoms. The predicted octanol–water partition coefficient (Wildman–Crippen LogP) is 3.57. The normalized spacial score (nSPS) is 13.9. The summed E-state index contributed by atoms with van der Waals surface area (Å²) in [5, 5.41) is 0.669. The molecule has 2 heterocycles. The highest BCUT2D eigenvalue weighted by Crippen LogP contribution is 2.24. The first-order chi connectivity index (χ1) is 13.9. The standard InChI is InChI=1S/C21H14BrNO6/c22-14-3-6-16-13(9-20(26)29-17(16)10-14)11-28-21(27)12-1-4-15(5-2-12)23-18(24)7-8-19(23)25/h1-6,9-10H,7-8,11H2. The largest absolute Gasteiger partial charge is 0.457 e. The van der Waals surface area contributed by atoms with Gasteiger partial charge in [0.15, 0.2) is 0 Å². The van der Waals surface area contributed by atoms with Gasteiger partial charge in [0, 0.05) is 34.3 Å². The molecule has 0 unspecified atom stereocenters. The van der Waals surface area contributed by atoms with Crippen LogP contribution in [-0.4, -0.2) is 17.8 Å². The molecule has 1 aromatic heterocycles. The van der Waals surface area contributed by atoms with Crippen LogP contribution in [0.25, 0.3) is 11.0 Å². The van der Waals surface area contributed by atoms with E-state index in [9.17, 15) is 19.2 Å². The van der Waals surface area contributed by atoms with E-state index in [4.69, 9.17) is 9.15 Å². The molecule has 1 fully saturated rings. The van der Waals surface area contributed by atoms with E-state index >= 15 is 0 Å². The number of carbonyl (C=O) groups excluding carboxylic acids is 3. The molecule has 1 aliphatic heterocycles. The Bertz CT molecular complexity index is 1180. The van der Waals surface area contributed by atoms with Gasteiger partial charge in [-0.05, 0) is 42.5 Å². The Hall–Kier alpha value is -3.26. The number of hydrogen-bond acceptors (Lipinski definition) is 6. The second-order valence-corrected chi connectivity index (χ2v) is 7.39. The molecule has 0 saturated carbocycles. The number of esters is 1. The number of rotatable bonds is 4. The van der Waals surface area contributed by atoms with Crippen molar-refractivity contribution in [1.82, 2.24) is 0 Å². The molecule has 1 saturated heterocycles. The summed E-state index contributed by atoms with van der Waals surface area (Å²) in [6.07, 6.45) is 0.385. The van der Waals surface area contributed by atoms with Crippen molar-refractivity contribution in [3.05, 3.63) is 74.6 Å². The monoisotopic (exact) mass is 455 g/mol. The second-order valence-electron chi connectivity index (χ2n) is 6.48. The van der Waals surface area contributed by atoms with Gasteiger partial charge in [0.1, 0.15) is 12.2 Å². The molecule has 3 aromatic rings. The van der Waals surface area contributed by atoms with Crippen molar-refractivity contribution in [2.24, 2.45) is 0 Å². The molecule has 0 aliphatic carbocycles. The summed E-state index contributed by atoms with van der Waals surface area (Å²) >= 11 is 3.32. The highest BCUT2D eigenvalue weighted by Gasteiger charge is 2.30. The molecule has 0 radical (unpaired) electrons. The Kier molecular flexibility index (Phi) is 5.02. The summed E-state index contributed by atoms with van der Waals surface area (Å²) in [7, 11) is 0. The third kappa shape index (κ3) is 3.84. The molecule has 2 amide bonds. The Balaban J connectivity index is 1.51. The van der Waals surface area contributed by atoms with Crippen molar-refractivity contribution < 1.29 is 23.5 Å². The van der Waals surface area contributed by atoms with Gasteiger partial charge in [-0.15, -0.1) is 0 Å². The van der Waals surface area contributed by atoms with E-state index in [0.717, 1.165) is 9.37 Å². The van der Waals surface area contributed by atoms with Crippen LogP contribution < -0.4 is 10.5 Å². The molecule has 0 atom stereocenters. The molecule has 0 bridgehead atoms. The number of benzene rings is 2. The lowest BCUT2D eigenvalue weighted by Gasteiger charge is -2.14. The molecular formula is C21H14BrNO6. The lowest BCUT2D eigenvalue weighted by Crippen LogP contribution is -2.28. The lowest BCUT2D eigenvalue weighted by molar-refractivity contribution is -0.121. The van der Waals surface area contributed by atoms with Gasteiger partial charge in [0.2, 0.25) is 11.8 Å². The van der Waals surface area contributed by atoms with Gasteiger partial charge in [-0.25, -0.2) is 9.59 Å². The maximum absolute atomic E-state index is 12.4. The van der Waals surface area contributed by atoms with Crippen molar-refractivity contribution in [3.8, 4) is 0 Å². The van der Waals surface area contributed by atoms with Gasteiger partial charge < -0.3 is 9.15 Å². The molecule has 146 valence electrons. The summed E-state index contributed by atoms with van der Waals surface area (Å²) in [5.41, 5.74) is 1.07. The maximum atomic E-state index is 12.4. The van der Waals surface area contributed by atoms with Crippen molar-refractivity contribution in [2.75, 3.05) is 4.90 Å². The molecule has 4 rings (SSSR count). The molecule has 7 nitrogen and oxygen atoms in total. The molecule has 0 spiro atoms. The zero-order valence-corrected chi connectivity index (χ0v) is 16.6. The fourth-order valence-electron chi connectivity index (χ4n) is 3.16. The van der Waals surface area contributed by atoms with Crippen LogP contribution in [0.15, 0.2) is 62.2 Å². The van der Waals surface area contributed by atoms with Gasteiger partial charge in [-0.3, -0.25) is 14.5 Å². The van der Waals surface area contributed by atoms with Crippen LogP contribution in [0, 0.1) is 0 Å². The number of carbonyl (C=O) groups is 3. The Morgan fingerprint density at radius 3 is 2.38 bits per heavy atom. The molecule has 1 aliphatic rings. The minimum atomic E-state index is -0.589. The van der Waals surface area contributed by atoms with Gasteiger partial charge in [-0.2, -0.15) is 0 Å². The third-order valence-electron chi connectivity index (χ3n) is 4.56. The maximum Gasteiger partial charge on any atom is 0.338 e. The zero-order chi connectivity index (χ0) is 20.5. The lowest BCUT2D eigenvalue weighted by atomic mass is 10.1. The Labute approximate surface area is 173 Å². The summed E-state index contributed by atoms with van der Waals surface area (Å²) in [5.74, 6) is -1.10. The average molecular weight is 456 g/mol. The van der Waals surface area contributed by atoms with Gasteiger partial charge in [-0.1, -0.05) is 15.9 Å². The van der Waals surface area contributed by atoms with Crippen LogP contribution >= 0.6 is 15.9 Å². The van der Waals surface area contributed by atoms with Crippen molar-refractivity contribution in [1.29, 1.82) is 0 Å². The second kappa shape index (κ2) is 7.63. The van der Waals surface area contributed by atoms with Crippen molar-refractivity contribution in [3.63, 3.8) is 0 Å². The number of nitrogens with zero attached hydrogens (tertiary/aromatic N) is 1. The fourth-order valence-corrected chi connectivity index (χ4v) is 3.50. The van der Waals surface area contributed by atoms with E-state index in [1.54, 1.807) is 18.2 Å². The quantitative estimate of drug-likeness (QED) is 0.339. The number of anilines is 1. The Morgan fingerprint density at radius 2 is 1.69 bits per heavy atom. The van der Waals surface area contributed by atoms with Crippen LogP contribution in [0.2, 0.25) is 0 Å². The first kappa shape index (κ1) is 19.1. The van der Waals surface area contributed by atoms with Gasteiger partial charge >= 0.3 is 11.6 Å². The van der Waals surface area contributed by atoms with E-state index in [-0.39, 0.29) is 36.8 Å². The number of fused-ring (bicyclic) bond motifs is 1. The summed E-state index contributed by atoms with van der Waals surface area (Å²) in [6.45, 7) is -0.104. The average Bonchev–Trinajstić information content (AvgIpc) is 3.03. The fraction of sp³-hybridized carbons (Fsp3) is 0.143. The summed E-state index contributed by atoms with van der Waals surface area (Å²) < 4.78 is 11.3. The van der Waals surface area contributed by atoms with Gasteiger partial charge in [0.25, 0.3) is 0 Å². The van der Waals surface area contributed by atoms with Crippen molar-refractivity contribution in [2.45, 2.75) is 19.4 Å². The van der Waals surface area contributed by atoms with Crippen molar-refractivity contribution >= 4 is 50.4 Å². The van der Waals surface area contributed by atoms with Crippen LogP contribution in [-0.2, 0) is 20.9 Å². The van der Waals surface area contributed by atoms with Crippen LogP contribution in [0.4, 0.5) is 5.69 Å². The molecular weight excluding hydrogens is 442 g/mol. The highest BCUT2D eigenvalue weighted by atomic mass is 79.9. The summed E-state index contributed by atoms with van der Waals surface area (Å²) in [6, 6.07) is 12.6. The number of imide groups is 1. The Morgan fingerprint density at radius 1 is 1.00 bits per heavy atom. The summed E-state index contributed by atoms with van der Waals surface area (Å²) in [4.78, 5) is 48.8. The highest BCUT2D eigenvalue weighted by molar-refractivity contribution is 9.10. The van der Waals surface area contributed by atoms with E-state index in [0.29, 0.717) is 22.2 Å². The number of amides is 2. The van der Waals surface area contributed by atoms with E-state index in [2.05, 4.69) is 15.9 Å². The third-order valence-corrected chi connectivity index (χ3v) is 5.06. The predicted molar refractivity (Wildman–Crippen MR) is 107 cm³/mol. The molecule has 2 aromatic carbocycles. The van der Waals surface area contributed by atoms with E-state index in [1.807, 2.05) is 0 Å². The first-order valence-corrected chi connectivity index (χ1v) is 9.57. The minimum Gasteiger partial charge on any atom is -0.457 e. The molecule has 0 N–H and O–H groups in total. The number of hydrogen-bond donors (Lipinski definition) is 0. The minimum absolute atomic E-state index is 0.104. The van der Waals surface area contributed by atoms with Crippen LogP contribution in [0.1, 0.15) is 28.8 Å². The van der Waals surface area contributed by atoms with E-state index in [1.165, 1.54) is 30.3 Å². The topological polar surface area (TPSA) is 93.9 Å². The van der Waals surface area contributed by atoms with Gasteiger partial charge in [0.05, 0.1) is 11.3 Å². The first-order valence-electron chi connectivity index (χ1n) is 8.77. The smallest absolute Gasteiger partial charge is 0.338 e.